The van der Waals surface area contributed by atoms with Gasteiger partial charge in [-0.25, -0.2) is 0 Å². The van der Waals surface area contributed by atoms with Gasteiger partial charge in [0.15, 0.2) is 0 Å². The zero-order valence-corrected chi connectivity index (χ0v) is 11.5. The fraction of sp³-hybridized carbons (Fsp3) is 0.500. The Morgan fingerprint density at radius 1 is 1.22 bits per heavy atom. The lowest BCUT2D eigenvalue weighted by Gasteiger charge is -2.25. The van der Waals surface area contributed by atoms with Crippen molar-refractivity contribution in [2.24, 2.45) is 5.73 Å². The SMILES string of the molecule is CCN(CC)C(=O)CN(C)c1ccccc1CN. The van der Waals surface area contributed by atoms with Crippen LogP contribution in [0.2, 0.25) is 0 Å². The van der Waals surface area contributed by atoms with E-state index in [1.807, 2.05) is 55.0 Å². The lowest BCUT2D eigenvalue weighted by atomic mass is 10.1. The van der Waals surface area contributed by atoms with Crippen LogP contribution >= 0.6 is 0 Å². The molecule has 4 nitrogen and oxygen atoms in total. The molecule has 0 radical (unpaired) electrons. The molecule has 1 rings (SSSR count). The van der Waals surface area contributed by atoms with Crippen LogP contribution < -0.4 is 10.6 Å². The second-order valence-electron chi connectivity index (χ2n) is 4.25. The number of para-hydroxylation sites is 1. The highest BCUT2D eigenvalue weighted by atomic mass is 16.2. The van der Waals surface area contributed by atoms with Crippen LogP contribution in [0.5, 0.6) is 0 Å². The first kappa shape index (κ1) is 14.5. The van der Waals surface area contributed by atoms with E-state index in [-0.39, 0.29) is 5.91 Å². The first-order valence-corrected chi connectivity index (χ1v) is 6.40. The molecule has 0 aromatic heterocycles. The third-order valence-corrected chi connectivity index (χ3v) is 3.11. The molecule has 0 heterocycles. The van der Waals surface area contributed by atoms with E-state index < -0.39 is 0 Å². The zero-order chi connectivity index (χ0) is 13.5. The number of rotatable bonds is 6. The van der Waals surface area contributed by atoms with E-state index in [0.717, 1.165) is 24.3 Å². The van der Waals surface area contributed by atoms with E-state index in [4.69, 9.17) is 5.73 Å². The van der Waals surface area contributed by atoms with Gasteiger partial charge >= 0.3 is 0 Å². The predicted molar refractivity (Wildman–Crippen MR) is 75.5 cm³/mol. The van der Waals surface area contributed by atoms with Gasteiger partial charge < -0.3 is 15.5 Å². The molecule has 0 aliphatic carbocycles. The fourth-order valence-corrected chi connectivity index (χ4v) is 2.02. The van der Waals surface area contributed by atoms with E-state index in [2.05, 4.69) is 0 Å². The second kappa shape index (κ2) is 7.01. The summed E-state index contributed by atoms with van der Waals surface area (Å²) in [5.74, 6) is 0.148. The van der Waals surface area contributed by atoms with Gasteiger partial charge in [0.2, 0.25) is 5.91 Å². The summed E-state index contributed by atoms with van der Waals surface area (Å²) in [5, 5.41) is 0. The van der Waals surface area contributed by atoms with Crippen LogP contribution in [0.3, 0.4) is 0 Å². The number of nitrogens with zero attached hydrogens (tertiary/aromatic N) is 2. The maximum absolute atomic E-state index is 12.0. The van der Waals surface area contributed by atoms with Gasteiger partial charge in [-0.1, -0.05) is 18.2 Å². The standard InChI is InChI=1S/C14H23N3O/c1-4-17(5-2)14(18)11-16(3)13-9-7-6-8-12(13)10-15/h6-9H,4-5,10-11,15H2,1-3H3. The number of likely N-dealkylation sites (N-methyl/N-ethyl adjacent to an activating group) is 2. The van der Waals surface area contributed by atoms with Crippen molar-refractivity contribution in [1.29, 1.82) is 0 Å². The molecule has 0 spiro atoms. The Morgan fingerprint density at radius 3 is 2.39 bits per heavy atom. The Hall–Kier alpha value is -1.55. The molecule has 0 fully saturated rings. The summed E-state index contributed by atoms with van der Waals surface area (Å²) < 4.78 is 0. The number of amides is 1. The Morgan fingerprint density at radius 2 is 1.83 bits per heavy atom. The normalized spacial score (nSPS) is 10.2. The summed E-state index contributed by atoms with van der Waals surface area (Å²) in [7, 11) is 1.93. The molecular weight excluding hydrogens is 226 g/mol. The highest BCUT2D eigenvalue weighted by Crippen LogP contribution is 2.18. The summed E-state index contributed by atoms with van der Waals surface area (Å²) in [5.41, 5.74) is 7.80. The summed E-state index contributed by atoms with van der Waals surface area (Å²) in [6.45, 7) is 6.37. The van der Waals surface area contributed by atoms with E-state index in [1.54, 1.807) is 0 Å². The molecule has 0 aliphatic rings. The largest absolute Gasteiger partial charge is 0.365 e. The number of carbonyl (C=O) groups excluding carboxylic acids is 1. The van der Waals surface area contributed by atoms with Crippen molar-refractivity contribution in [2.75, 3.05) is 31.6 Å². The van der Waals surface area contributed by atoms with Crippen LogP contribution in [-0.2, 0) is 11.3 Å². The van der Waals surface area contributed by atoms with Gasteiger partial charge in [-0.05, 0) is 25.5 Å². The van der Waals surface area contributed by atoms with Crippen molar-refractivity contribution in [2.45, 2.75) is 20.4 Å². The molecule has 0 aliphatic heterocycles. The molecule has 2 N–H and O–H groups in total. The van der Waals surface area contributed by atoms with Crippen LogP contribution in [-0.4, -0.2) is 37.5 Å². The van der Waals surface area contributed by atoms with Crippen LogP contribution in [0, 0.1) is 0 Å². The van der Waals surface area contributed by atoms with Gasteiger partial charge in [0.1, 0.15) is 0 Å². The topological polar surface area (TPSA) is 49.6 Å². The number of anilines is 1. The molecule has 0 saturated carbocycles. The number of hydrogen-bond acceptors (Lipinski definition) is 3. The van der Waals surface area contributed by atoms with E-state index >= 15 is 0 Å². The van der Waals surface area contributed by atoms with Gasteiger partial charge in [-0.15, -0.1) is 0 Å². The molecule has 100 valence electrons. The molecule has 0 bridgehead atoms. The van der Waals surface area contributed by atoms with E-state index in [1.165, 1.54) is 0 Å². The molecule has 0 atom stereocenters. The molecule has 1 amide bonds. The first-order chi connectivity index (χ1) is 8.63. The Balaban J connectivity index is 2.76. The highest BCUT2D eigenvalue weighted by Gasteiger charge is 2.14. The van der Waals surface area contributed by atoms with E-state index in [9.17, 15) is 4.79 Å². The molecule has 18 heavy (non-hydrogen) atoms. The van der Waals surface area contributed by atoms with Crippen LogP contribution in [0.15, 0.2) is 24.3 Å². The first-order valence-electron chi connectivity index (χ1n) is 6.40. The minimum Gasteiger partial charge on any atom is -0.365 e. The molecule has 1 aromatic carbocycles. The maximum atomic E-state index is 12.0. The van der Waals surface area contributed by atoms with Gasteiger partial charge in [-0.3, -0.25) is 4.79 Å². The third-order valence-electron chi connectivity index (χ3n) is 3.11. The van der Waals surface area contributed by atoms with Crippen LogP contribution in [0.1, 0.15) is 19.4 Å². The maximum Gasteiger partial charge on any atom is 0.242 e. The third kappa shape index (κ3) is 3.47. The van der Waals surface area contributed by atoms with Crippen LogP contribution in [0.4, 0.5) is 5.69 Å². The number of nitrogens with two attached hydrogens (primary N) is 1. The number of hydrogen-bond donors (Lipinski definition) is 1. The monoisotopic (exact) mass is 249 g/mol. The van der Waals surface area contributed by atoms with Gasteiger partial charge in [0.25, 0.3) is 0 Å². The molecule has 0 unspecified atom stereocenters. The highest BCUT2D eigenvalue weighted by molar-refractivity contribution is 5.81. The zero-order valence-electron chi connectivity index (χ0n) is 11.5. The smallest absolute Gasteiger partial charge is 0.242 e. The molecule has 4 heteroatoms. The van der Waals surface area contributed by atoms with Crippen molar-refractivity contribution in [3.05, 3.63) is 29.8 Å². The Bertz CT molecular complexity index is 388. The minimum absolute atomic E-state index is 0.148. The average molecular weight is 249 g/mol. The summed E-state index contributed by atoms with van der Waals surface area (Å²) >= 11 is 0. The predicted octanol–water partition coefficient (Wildman–Crippen LogP) is 1.45. The van der Waals surface area contributed by atoms with Crippen molar-refractivity contribution in [1.82, 2.24) is 4.90 Å². The second-order valence-corrected chi connectivity index (χ2v) is 4.25. The van der Waals surface area contributed by atoms with Crippen molar-refractivity contribution in [3.63, 3.8) is 0 Å². The van der Waals surface area contributed by atoms with Crippen molar-refractivity contribution < 1.29 is 4.79 Å². The number of carbonyl (C=O) groups is 1. The summed E-state index contributed by atoms with van der Waals surface area (Å²) in [6, 6.07) is 7.92. The molecule has 1 aromatic rings. The summed E-state index contributed by atoms with van der Waals surface area (Å²) in [6.07, 6.45) is 0. The lowest BCUT2D eigenvalue weighted by Crippen LogP contribution is -2.39. The van der Waals surface area contributed by atoms with Crippen molar-refractivity contribution in [3.8, 4) is 0 Å². The molecular formula is C14H23N3O. The lowest BCUT2D eigenvalue weighted by molar-refractivity contribution is -0.129. The van der Waals surface area contributed by atoms with Crippen LogP contribution in [0.25, 0.3) is 0 Å². The summed E-state index contributed by atoms with van der Waals surface area (Å²) in [4.78, 5) is 15.8. The quantitative estimate of drug-likeness (QED) is 0.830. The Labute approximate surface area is 109 Å². The van der Waals surface area contributed by atoms with Crippen molar-refractivity contribution >= 4 is 11.6 Å². The van der Waals surface area contributed by atoms with Gasteiger partial charge in [0.05, 0.1) is 6.54 Å². The fourth-order valence-electron chi connectivity index (χ4n) is 2.02. The number of benzene rings is 1. The van der Waals surface area contributed by atoms with Gasteiger partial charge in [-0.2, -0.15) is 0 Å². The Kier molecular flexibility index (Phi) is 5.65. The minimum atomic E-state index is 0.148. The van der Waals surface area contributed by atoms with Gasteiger partial charge in [0, 0.05) is 32.4 Å². The van der Waals surface area contributed by atoms with E-state index in [0.29, 0.717) is 13.1 Å². The average Bonchev–Trinajstić information content (AvgIpc) is 2.40. The molecule has 0 saturated heterocycles.